The minimum atomic E-state index is -0.767. The van der Waals surface area contributed by atoms with Crippen LogP contribution in [0, 0.1) is 16.0 Å². The van der Waals surface area contributed by atoms with Gasteiger partial charge in [0.2, 0.25) is 5.91 Å². The molecular weight excluding hydrogens is 394 g/mol. The number of nitrogens with zero attached hydrogens (tertiary/aromatic N) is 1. The van der Waals surface area contributed by atoms with Gasteiger partial charge in [0.05, 0.1) is 23.7 Å². The Bertz CT molecular complexity index is 1000. The molecule has 2 aromatic carbocycles. The Morgan fingerprint density at radius 3 is 2.57 bits per heavy atom. The van der Waals surface area contributed by atoms with Crippen LogP contribution in [0.4, 0.5) is 17.1 Å². The molecule has 2 N–H and O–H groups in total. The number of anilines is 2. The zero-order chi connectivity index (χ0) is 21.7. The summed E-state index contributed by atoms with van der Waals surface area (Å²) >= 11 is 0. The number of ether oxygens (including phenoxy) is 2. The Labute approximate surface area is 171 Å². The number of amides is 2. The molecule has 30 heavy (non-hydrogen) atoms. The first kappa shape index (κ1) is 20.8. The van der Waals surface area contributed by atoms with Crippen LogP contribution >= 0.6 is 0 Å². The Kier molecular flexibility index (Phi) is 6.26. The van der Waals surface area contributed by atoms with Crippen molar-refractivity contribution in [3.8, 4) is 5.75 Å². The van der Waals surface area contributed by atoms with Gasteiger partial charge < -0.3 is 20.1 Å². The fourth-order valence-corrected chi connectivity index (χ4v) is 2.61. The highest BCUT2D eigenvalue weighted by Crippen LogP contribution is 2.30. The molecule has 156 valence electrons. The van der Waals surface area contributed by atoms with Gasteiger partial charge in [-0.05, 0) is 43.2 Å². The maximum atomic E-state index is 12.2. The minimum Gasteiger partial charge on any atom is -0.496 e. The van der Waals surface area contributed by atoms with Gasteiger partial charge in [0.25, 0.3) is 11.6 Å². The average molecular weight is 413 g/mol. The minimum absolute atomic E-state index is 0.0197. The van der Waals surface area contributed by atoms with Crippen LogP contribution in [-0.4, -0.2) is 36.4 Å². The molecule has 0 atom stereocenters. The number of rotatable bonds is 8. The largest absolute Gasteiger partial charge is 0.496 e. The Hall–Kier alpha value is -3.95. The molecule has 0 unspecified atom stereocenters. The molecule has 1 saturated carbocycles. The van der Waals surface area contributed by atoms with E-state index in [2.05, 4.69) is 10.6 Å². The third kappa shape index (κ3) is 5.31. The molecule has 0 radical (unpaired) electrons. The fraction of sp³-hybridized carbons (Fsp3) is 0.250. The summed E-state index contributed by atoms with van der Waals surface area (Å²) in [5, 5.41) is 16.2. The molecule has 2 amide bonds. The molecule has 2 aromatic rings. The molecule has 0 heterocycles. The van der Waals surface area contributed by atoms with Crippen LogP contribution in [0.1, 0.15) is 23.2 Å². The first-order valence-electron chi connectivity index (χ1n) is 9.07. The zero-order valence-electron chi connectivity index (χ0n) is 16.0. The number of nitro benzene ring substituents is 1. The summed E-state index contributed by atoms with van der Waals surface area (Å²) in [6.07, 6.45) is 1.71. The molecule has 10 nitrogen and oxygen atoms in total. The Morgan fingerprint density at radius 2 is 1.90 bits per heavy atom. The number of carbonyl (C=O) groups excluding carboxylic acids is 3. The fourth-order valence-electron chi connectivity index (χ4n) is 2.61. The lowest BCUT2D eigenvalue weighted by Crippen LogP contribution is -2.21. The summed E-state index contributed by atoms with van der Waals surface area (Å²) in [7, 11) is 1.36. The Morgan fingerprint density at radius 1 is 1.13 bits per heavy atom. The number of methoxy groups -OCH3 is 1. The highest BCUT2D eigenvalue weighted by molar-refractivity contribution is 5.98. The van der Waals surface area contributed by atoms with E-state index >= 15 is 0 Å². The lowest BCUT2D eigenvalue weighted by molar-refractivity contribution is -0.384. The Balaban J connectivity index is 1.58. The van der Waals surface area contributed by atoms with Crippen molar-refractivity contribution in [1.82, 2.24) is 0 Å². The molecule has 0 aliphatic heterocycles. The molecular formula is C20H19N3O7. The standard InChI is InChI=1S/C20H19N3O7/c1-29-15-7-8-16(17(10-15)23(27)28)22-18(24)11-30-20(26)13-3-2-4-14(9-13)21-19(25)12-5-6-12/h2-4,7-10,12H,5-6,11H2,1H3,(H,21,25)(H,22,24). The van der Waals surface area contributed by atoms with E-state index in [1.54, 1.807) is 12.1 Å². The third-order valence-corrected chi connectivity index (χ3v) is 4.32. The van der Waals surface area contributed by atoms with Crippen molar-refractivity contribution in [2.24, 2.45) is 5.92 Å². The van der Waals surface area contributed by atoms with Crippen molar-refractivity contribution >= 4 is 34.8 Å². The van der Waals surface area contributed by atoms with Crippen molar-refractivity contribution in [3.05, 3.63) is 58.1 Å². The molecule has 3 rings (SSSR count). The summed E-state index contributed by atoms with van der Waals surface area (Å²) in [6.45, 7) is -0.638. The predicted molar refractivity (Wildman–Crippen MR) is 106 cm³/mol. The molecule has 1 aliphatic carbocycles. The summed E-state index contributed by atoms with van der Waals surface area (Å²) in [5.41, 5.74) is 0.214. The number of hydrogen-bond donors (Lipinski definition) is 2. The maximum absolute atomic E-state index is 12.2. The van der Waals surface area contributed by atoms with Gasteiger partial charge in [-0.1, -0.05) is 6.07 Å². The SMILES string of the molecule is COc1ccc(NC(=O)COC(=O)c2cccc(NC(=O)C3CC3)c2)c([N+](=O)[O-])c1. The van der Waals surface area contributed by atoms with E-state index in [0.29, 0.717) is 5.69 Å². The summed E-state index contributed by atoms with van der Waals surface area (Å²) < 4.78 is 9.90. The van der Waals surface area contributed by atoms with Gasteiger partial charge in [-0.15, -0.1) is 0 Å². The molecule has 0 saturated heterocycles. The number of nitro groups is 1. The van der Waals surface area contributed by atoms with Crippen LogP contribution in [0.15, 0.2) is 42.5 Å². The van der Waals surface area contributed by atoms with E-state index in [9.17, 15) is 24.5 Å². The van der Waals surface area contributed by atoms with Gasteiger partial charge >= 0.3 is 5.97 Å². The summed E-state index contributed by atoms with van der Waals surface area (Å²) in [5.74, 6) is -1.32. The van der Waals surface area contributed by atoms with Gasteiger partial charge in [0, 0.05) is 11.6 Å². The van der Waals surface area contributed by atoms with Crippen LogP contribution in [0.2, 0.25) is 0 Å². The van der Waals surface area contributed by atoms with E-state index in [1.165, 1.54) is 37.4 Å². The lowest BCUT2D eigenvalue weighted by atomic mass is 10.2. The smallest absolute Gasteiger partial charge is 0.338 e. The third-order valence-electron chi connectivity index (χ3n) is 4.32. The molecule has 1 fully saturated rings. The lowest BCUT2D eigenvalue weighted by Gasteiger charge is -2.09. The molecule has 10 heteroatoms. The maximum Gasteiger partial charge on any atom is 0.338 e. The van der Waals surface area contributed by atoms with Crippen LogP contribution in [0.3, 0.4) is 0 Å². The predicted octanol–water partition coefficient (Wildman–Crippen LogP) is 2.75. The first-order valence-corrected chi connectivity index (χ1v) is 9.07. The second kappa shape index (κ2) is 9.03. The average Bonchev–Trinajstić information content (AvgIpc) is 3.58. The summed E-state index contributed by atoms with van der Waals surface area (Å²) in [6, 6.07) is 10.1. The number of benzene rings is 2. The van der Waals surface area contributed by atoms with Crippen molar-refractivity contribution < 1.29 is 28.8 Å². The summed E-state index contributed by atoms with van der Waals surface area (Å²) in [4.78, 5) is 46.6. The van der Waals surface area contributed by atoms with E-state index in [1.807, 2.05) is 0 Å². The first-order chi connectivity index (χ1) is 14.4. The topological polar surface area (TPSA) is 137 Å². The number of hydrogen-bond acceptors (Lipinski definition) is 7. The van der Waals surface area contributed by atoms with Gasteiger partial charge in [-0.25, -0.2) is 4.79 Å². The van der Waals surface area contributed by atoms with Crippen molar-refractivity contribution in [2.45, 2.75) is 12.8 Å². The zero-order valence-corrected chi connectivity index (χ0v) is 16.0. The molecule has 0 bridgehead atoms. The quantitative estimate of drug-likeness (QED) is 0.386. The molecule has 1 aliphatic rings. The highest BCUT2D eigenvalue weighted by Gasteiger charge is 2.29. The second-order valence-electron chi connectivity index (χ2n) is 6.61. The highest BCUT2D eigenvalue weighted by atomic mass is 16.6. The van der Waals surface area contributed by atoms with Gasteiger partial charge in [0.15, 0.2) is 6.61 Å². The van der Waals surface area contributed by atoms with Gasteiger partial charge in [-0.2, -0.15) is 0 Å². The second-order valence-corrected chi connectivity index (χ2v) is 6.61. The number of nitrogens with one attached hydrogen (secondary N) is 2. The number of carbonyl (C=O) groups is 3. The van der Waals surface area contributed by atoms with E-state index in [0.717, 1.165) is 12.8 Å². The molecule has 0 aromatic heterocycles. The monoisotopic (exact) mass is 413 g/mol. The van der Waals surface area contributed by atoms with E-state index < -0.39 is 23.4 Å². The van der Waals surface area contributed by atoms with Crippen LogP contribution in [0.5, 0.6) is 5.75 Å². The van der Waals surface area contributed by atoms with Crippen molar-refractivity contribution in [1.29, 1.82) is 0 Å². The van der Waals surface area contributed by atoms with Crippen molar-refractivity contribution in [2.75, 3.05) is 24.4 Å². The van der Waals surface area contributed by atoms with E-state index in [4.69, 9.17) is 9.47 Å². The van der Waals surface area contributed by atoms with Crippen LogP contribution < -0.4 is 15.4 Å². The number of esters is 1. The van der Waals surface area contributed by atoms with Crippen LogP contribution in [0.25, 0.3) is 0 Å². The molecule has 0 spiro atoms. The van der Waals surface area contributed by atoms with E-state index in [-0.39, 0.29) is 34.5 Å². The van der Waals surface area contributed by atoms with Crippen LogP contribution in [-0.2, 0) is 14.3 Å². The normalized spacial score (nSPS) is 12.6. The van der Waals surface area contributed by atoms with Gasteiger partial charge in [0.1, 0.15) is 11.4 Å². The van der Waals surface area contributed by atoms with Crippen molar-refractivity contribution in [3.63, 3.8) is 0 Å². The van der Waals surface area contributed by atoms with Gasteiger partial charge in [-0.3, -0.25) is 19.7 Å².